The minimum Gasteiger partial charge on any atom is -0.460 e. The van der Waals surface area contributed by atoms with Gasteiger partial charge in [-0.3, -0.25) is 0 Å². The summed E-state index contributed by atoms with van der Waals surface area (Å²) in [5.41, 5.74) is 0.951. The summed E-state index contributed by atoms with van der Waals surface area (Å²) in [4.78, 5) is 24.0. The highest BCUT2D eigenvalue weighted by Crippen LogP contribution is 2.21. The molecule has 0 bridgehead atoms. The maximum Gasteiger partial charge on any atom is 0.355 e. The van der Waals surface area contributed by atoms with Gasteiger partial charge < -0.3 is 19.1 Å². The Hall–Kier alpha value is -2.86. The van der Waals surface area contributed by atoms with Crippen molar-refractivity contribution in [2.75, 3.05) is 13.2 Å². The molecular formula is C18H19NO5. The van der Waals surface area contributed by atoms with Crippen LogP contribution in [-0.2, 0) is 20.8 Å². The standard InChI is InChI=1S/C18H19NO5/c1-3-9-23-17(21)15-11-13-7-5-6-8-14(13)19(15)12-16(20)18(22)24-10-4-2/h3-8,11,16,20H,1-2,9-10,12H2. The Morgan fingerprint density at radius 3 is 2.54 bits per heavy atom. The molecule has 0 amide bonds. The van der Waals surface area contributed by atoms with Crippen molar-refractivity contribution in [2.24, 2.45) is 0 Å². The summed E-state index contributed by atoms with van der Waals surface area (Å²) in [6, 6.07) is 8.92. The monoisotopic (exact) mass is 329 g/mol. The predicted molar refractivity (Wildman–Crippen MR) is 89.6 cm³/mol. The highest BCUT2D eigenvalue weighted by atomic mass is 16.5. The van der Waals surface area contributed by atoms with Crippen molar-refractivity contribution in [3.05, 3.63) is 61.3 Å². The van der Waals surface area contributed by atoms with Gasteiger partial charge in [-0.25, -0.2) is 9.59 Å². The van der Waals surface area contributed by atoms with Crippen LogP contribution in [0.2, 0.25) is 0 Å². The third-order valence-electron chi connectivity index (χ3n) is 3.32. The maximum atomic E-state index is 12.2. The van der Waals surface area contributed by atoms with Gasteiger partial charge in [-0.05, 0) is 12.1 Å². The Balaban J connectivity index is 2.32. The number of para-hydroxylation sites is 1. The van der Waals surface area contributed by atoms with Crippen LogP contribution in [0.3, 0.4) is 0 Å². The number of benzene rings is 1. The lowest BCUT2D eigenvalue weighted by molar-refractivity contribution is -0.152. The van der Waals surface area contributed by atoms with E-state index in [1.54, 1.807) is 22.8 Å². The molecule has 0 aliphatic carbocycles. The lowest BCUT2D eigenvalue weighted by Gasteiger charge is -2.14. The van der Waals surface area contributed by atoms with Crippen LogP contribution in [0.25, 0.3) is 10.9 Å². The van der Waals surface area contributed by atoms with Gasteiger partial charge in [0.05, 0.1) is 6.54 Å². The molecule has 0 fully saturated rings. The summed E-state index contributed by atoms with van der Waals surface area (Å²) >= 11 is 0. The third kappa shape index (κ3) is 3.91. The average Bonchev–Trinajstić information content (AvgIpc) is 2.96. The molecule has 0 saturated heterocycles. The Kier molecular flexibility index (Phi) is 5.92. The fourth-order valence-electron chi connectivity index (χ4n) is 2.27. The largest absolute Gasteiger partial charge is 0.460 e. The first-order valence-electron chi connectivity index (χ1n) is 7.40. The second-order valence-corrected chi connectivity index (χ2v) is 5.02. The van der Waals surface area contributed by atoms with Crippen LogP contribution in [0.1, 0.15) is 10.5 Å². The molecule has 2 aromatic rings. The number of hydrogen-bond donors (Lipinski definition) is 1. The van der Waals surface area contributed by atoms with E-state index in [1.807, 2.05) is 12.1 Å². The Labute approximate surface area is 139 Å². The number of hydrogen-bond acceptors (Lipinski definition) is 5. The quantitative estimate of drug-likeness (QED) is 0.592. The van der Waals surface area contributed by atoms with Crippen LogP contribution in [0, 0.1) is 0 Å². The van der Waals surface area contributed by atoms with Crippen molar-refractivity contribution < 1.29 is 24.2 Å². The number of nitrogens with zero attached hydrogens (tertiary/aromatic N) is 1. The molecule has 2 rings (SSSR count). The number of fused-ring (bicyclic) bond motifs is 1. The number of aliphatic hydroxyl groups excluding tert-OH is 1. The summed E-state index contributed by atoms with van der Waals surface area (Å²) in [5.74, 6) is -1.34. The average molecular weight is 329 g/mol. The number of aromatic nitrogens is 1. The van der Waals surface area contributed by atoms with Crippen LogP contribution in [0.4, 0.5) is 0 Å². The topological polar surface area (TPSA) is 77.8 Å². The highest BCUT2D eigenvalue weighted by molar-refractivity contribution is 5.95. The van der Waals surface area contributed by atoms with Gasteiger partial charge in [-0.15, -0.1) is 0 Å². The van der Waals surface area contributed by atoms with Crippen LogP contribution in [0.15, 0.2) is 55.6 Å². The van der Waals surface area contributed by atoms with Crippen molar-refractivity contribution >= 4 is 22.8 Å². The van der Waals surface area contributed by atoms with Gasteiger partial charge in [0, 0.05) is 10.9 Å². The minimum atomic E-state index is -1.41. The maximum absolute atomic E-state index is 12.2. The Morgan fingerprint density at radius 1 is 1.17 bits per heavy atom. The summed E-state index contributed by atoms with van der Waals surface area (Å²) in [6.45, 7) is 6.90. The second-order valence-electron chi connectivity index (χ2n) is 5.02. The predicted octanol–water partition coefficient (Wildman–Crippen LogP) is 2.07. The van der Waals surface area contributed by atoms with E-state index in [9.17, 15) is 14.7 Å². The van der Waals surface area contributed by atoms with Crippen molar-refractivity contribution in [2.45, 2.75) is 12.6 Å². The number of ether oxygens (including phenoxy) is 2. The molecule has 1 atom stereocenters. The third-order valence-corrected chi connectivity index (χ3v) is 3.32. The zero-order valence-electron chi connectivity index (χ0n) is 13.2. The summed E-state index contributed by atoms with van der Waals surface area (Å²) in [7, 11) is 0. The van der Waals surface area contributed by atoms with Crippen molar-refractivity contribution in [3.63, 3.8) is 0 Å². The molecule has 0 aliphatic rings. The van der Waals surface area contributed by atoms with E-state index in [2.05, 4.69) is 13.2 Å². The highest BCUT2D eigenvalue weighted by Gasteiger charge is 2.23. The number of esters is 2. The zero-order valence-corrected chi connectivity index (χ0v) is 13.2. The van der Waals surface area contributed by atoms with Gasteiger partial charge >= 0.3 is 11.9 Å². The fraction of sp³-hybridized carbons (Fsp3) is 0.222. The van der Waals surface area contributed by atoms with Crippen LogP contribution in [-0.4, -0.2) is 40.9 Å². The lowest BCUT2D eigenvalue weighted by Crippen LogP contribution is -2.29. The first kappa shape index (κ1) is 17.5. The fourth-order valence-corrected chi connectivity index (χ4v) is 2.27. The molecule has 24 heavy (non-hydrogen) atoms. The second kappa shape index (κ2) is 8.12. The smallest absolute Gasteiger partial charge is 0.355 e. The van der Waals surface area contributed by atoms with Crippen LogP contribution < -0.4 is 0 Å². The number of carbonyl (C=O) groups excluding carboxylic acids is 2. The van der Waals surface area contributed by atoms with E-state index in [0.717, 1.165) is 5.39 Å². The van der Waals surface area contributed by atoms with E-state index in [0.29, 0.717) is 5.52 Å². The van der Waals surface area contributed by atoms with E-state index < -0.39 is 18.0 Å². The zero-order chi connectivity index (χ0) is 17.5. The minimum absolute atomic E-state index is 0.0105. The van der Waals surface area contributed by atoms with Gasteiger partial charge in [0.1, 0.15) is 18.9 Å². The van der Waals surface area contributed by atoms with Gasteiger partial charge in [0.25, 0.3) is 0 Å². The van der Waals surface area contributed by atoms with Crippen LogP contribution >= 0.6 is 0 Å². The molecule has 1 aromatic heterocycles. The molecule has 1 heterocycles. The van der Waals surface area contributed by atoms with E-state index in [1.165, 1.54) is 12.2 Å². The van der Waals surface area contributed by atoms with E-state index in [4.69, 9.17) is 9.47 Å². The number of rotatable bonds is 8. The van der Waals surface area contributed by atoms with Gasteiger partial charge in [-0.2, -0.15) is 0 Å². The molecule has 6 heteroatoms. The van der Waals surface area contributed by atoms with Crippen molar-refractivity contribution in [1.29, 1.82) is 0 Å². The van der Waals surface area contributed by atoms with Crippen molar-refractivity contribution in [3.8, 4) is 0 Å². The summed E-state index contributed by atoms with van der Waals surface area (Å²) in [5, 5.41) is 10.9. The molecule has 1 N–H and O–H groups in total. The molecule has 0 spiro atoms. The first-order valence-corrected chi connectivity index (χ1v) is 7.40. The van der Waals surface area contributed by atoms with Gasteiger partial charge in [0.15, 0.2) is 6.10 Å². The van der Waals surface area contributed by atoms with Crippen molar-refractivity contribution in [1.82, 2.24) is 4.57 Å². The molecular weight excluding hydrogens is 310 g/mol. The normalized spacial score (nSPS) is 11.7. The van der Waals surface area contributed by atoms with E-state index in [-0.39, 0.29) is 25.5 Å². The molecule has 6 nitrogen and oxygen atoms in total. The van der Waals surface area contributed by atoms with Gasteiger partial charge in [0.2, 0.25) is 0 Å². The number of aliphatic hydroxyl groups is 1. The van der Waals surface area contributed by atoms with Gasteiger partial charge in [-0.1, -0.05) is 43.5 Å². The molecule has 0 aliphatic heterocycles. The SMILES string of the molecule is C=CCOC(=O)c1cc2ccccc2n1CC(O)C(=O)OCC=C. The molecule has 1 aromatic carbocycles. The first-order chi connectivity index (χ1) is 11.6. The number of carbonyl (C=O) groups is 2. The molecule has 0 radical (unpaired) electrons. The molecule has 1 unspecified atom stereocenters. The molecule has 0 saturated carbocycles. The van der Waals surface area contributed by atoms with Crippen LogP contribution in [0.5, 0.6) is 0 Å². The molecule has 126 valence electrons. The Bertz CT molecular complexity index is 762. The summed E-state index contributed by atoms with van der Waals surface area (Å²) in [6.07, 6.45) is 1.46. The Morgan fingerprint density at radius 2 is 1.83 bits per heavy atom. The lowest BCUT2D eigenvalue weighted by atomic mass is 10.2. The van der Waals surface area contributed by atoms with E-state index >= 15 is 0 Å². The summed E-state index contributed by atoms with van der Waals surface area (Å²) < 4.78 is 11.4.